The summed E-state index contributed by atoms with van der Waals surface area (Å²) in [5.41, 5.74) is 8.43. The van der Waals surface area contributed by atoms with Crippen molar-refractivity contribution in [1.82, 2.24) is 0 Å². The second-order valence-corrected chi connectivity index (χ2v) is 4.39. The fourth-order valence-corrected chi connectivity index (χ4v) is 1.91. The van der Waals surface area contributed by atoms with Crippen LogP contribution in [0.4, 0.5) is 11.4 Å². The average molecular weight is 258 g/mol. The largest absolute Gasteiger partial charge is 0.469 e. The van der Waals surface area contributed by atoms with Gasteiger partial charge >= 0.3 is 0 Å². The Hall–Kier alpha value is -2.23. The van der Waals surface area contributed by atoms with Gasteiger partial charge in [0.2, 0.25) is 5.91 Å². The number of furan rings is 1. The minimum Gasteiger partial charge on any atom is -0.469 e. The Bertz CT molecular complexity index is 547. The zero-order valence-corrected chi connectivity index (χ0v) is 11.0. The van der Waals surface area contributed by atoms with Crippen LogP contribution < -0.4 is 11.1 Å². The van der Waals surface area contributed by atoms with Crippen LogP contribution in [0, 0.1) is 0 Å². The number of nitrogens with one attached hydrogen (secondary N) is 1. The molecule has 0 saturated carbocycles. The summed E-state index contributed by atoms with van der Waals surface area (Å²) in [7, 11) is 0. The van der Waals surface area contributed by atoms with Gasteiger partial charge in [0, 0.05) is 24.2 Å². The summed E-state index contributed by atoms with van der Waals surface area (Å²) in [5, 5.41) is 2.84. The Kier molecular flexibility index (Phi) is 4.23. The van der Waals surface area contributed by atoms with E-state index in [2.05, 4.69) is 5.32 Å². The third kappa shape index (κ3) is 3.61. The van der Waals surface area contributed by atoms with E-state index >= 15 is 0 Å². The van der Waals surface area contributed by atoms with Gasteiger partial charge in [-0.3, -0.25) is 4.79 Å². The van der Waals surface area contributed by atoms with Crippen LogP contribution in [0.2, 0.25) is 0 Å². The van der Waals surface area contributed by atoms with E-state index in [0.29, 0.717) is 18.5 Å². The standard InChI is InChI=1S/C15H18N2O2/c1-2-11-5-6-12(10-14(11)16)17-15(18)8-7-13-4-3-9-19-13/h3-6,9-10H,2,7-8,16H2,1H3,(H,17,18). The van der Waals surface area contributed by atoms with Crippen molar-refractivity contribution >= 4 is 17.3 Å². The Morgan fingerprint density at radius 1 is 1.37 bits per heavy atom. The summed E-state index contributed by atoms with van der Waals surface area (Å²) in [6.45, 7) is 2.05. The molecule has 0 spiro atoms. The van der Waals surface area contributed by atoms with Crippen molar-refractivity contribution in [3.8, 4) is 0 Å². The third-order valence-electron chi connectivity index (χ3n) is 2.99. The van der Waals surface area contributed by atoms with Crippen LogP contribution in [-0.2, 0) is 17.6 Å². The highest BCUT2D eigenvalue weighted by atomic mass is 16.3. The van der Waals surface area contributed by atoms with Crippen molar-refractivity contribution in [2.45, 2.75) is 26.2 Å². The van der Waals surface area contributed by atoms with Crippen LogP contribution in [0.5, 0.6) is 0 Å². The summed E-state index contributed by atoms with van der Waals surface area (Å²) >= 11 is 0. The lowest BCUT2D eigenvalue weighted by molar-refractivity contribution is -0.116. The molecule has 0 aliphatic heterocycles. The van der Waals surface area contributed by atoms with Gasteiger partial charge in [-0.25, -0.2) is 0 Å². The summed E-state index contributed by atoms with van der Waals surface area (Å²) in [4.78, 5) is 11.8. The van der Waals surface area contributed by atoms with Gasteiger partial charge in [-0.2, -0.15) is 0 Å². The number of aryl methyl sites for hydroxylation is 2. The van der Waals surface area contributed by atoms with E-state index in [9.17, 15) is 4.79 Å². The molecule has 4 heteroatoms. The molecular weight excluding hydrogens is 240 g/mol. The van der Waals surface area contributed by atoms with E-state index in [1.165, 1.54) is 0 Å². The monoisotopic (exact) mass is 258 g/mol. The van der Waals surface area contributed by atoms with E-state index in [-0.39, 0.29) is 5.91 Å². The zero-order chi connectivity index (χ0) is 13.7. The fraction of sp³-hybridized carbons (Fsp3) is 0.267. The van der Waals surface area contributed by atoms with Crippen molar-refractivity contribution in [2.24, 2.45) is 0 Å². The quantitative estimate of drug-likeness (QED) is 0.810. The van der Waals surface area contributed by atoms with Crippen molar-refractivity contribution < 1.29 is 9.21 Å². The fourth-order valence-electron chi connectivity index (χ4n) is 1.91. The molecule has 100 valence electrons. The van der Waals surface area contributed by atoms with Gasteiger partial charge in [0.05, 0.1) is 6.26 Å². The van der Waals surface area contributed by atoms with Crippen molar-refractivity contribution in [2.75, 3.05) is 11.1 Å². The number of carbonyl (C=O) groups excluding carboxylic acids is 1. The molecule has 0 aliphatic rings. The summed E-state index contributed by atoms with van der Waals surface area (Å²) in [6, 6.07) is 9.29. The SMILES string of the molecule is CCc1ccc(NC(=O)CCc2ccco2)cc1N. The van der Waals surface area contributed by atoms with Crippen molar-refractivity contribution in [1.29, 1.82) is 0 Å². The molecule has 2 aromatic rings. The van der Waals surface area contributed by atoms with Gasteiger partial charge in [0.1, 0.15) is 5.76 Å². The maximum Gasteiger partial charge on any atom is 0.224 e. The lowest BCUT2D eigenvalue weighted by Crippen LogP contribution is -2.12. The van der Waals surface area contributed by atoms with Gasteiger partial charge in [-0.1, -0.05) is 13.0 Å². The van der Waals surface area contributed by atoms with Crippen molar-refractivity contribution in [3.63, 3.8) is 0 Å². The lowest BCUT2D eigenvalue weighted by Gasteiger charge is -2.08. The molecule has 1 aromatic carbocycles. The number of nitrogen functional groups attached to an aromatic ring is 1. The predicted octanol–water partition coefficient (Wildman–Crippen LogP) is 3.00. The van der Waals surface area contributed by atoms with E-state index in [1.54, 1.807) is 12.3 Å². The normalized spacial score (nSPS) is 10.4. The first-order valence-electron chi connectivity index (χ1n) is 6.39. The Morgan fingerprint density at radius 3 is 2.84 bits per heavy atom. The highest BCUT2D eigenvalue weighted by Crippen LogP contribution is 2.18. The minimum atomic E-state index is -0.0416. The van der Waals surface area contributed by atoms with Crippen LogP contribution in [0.15, 0.2) is 41.0 Å². The van der Waals surface area contributed by atoms with Gasteiger partial charge in [-0.15, -0.1) is 0 Å². The maximum atomic E-state index is 11.8. The van der Waals surface area contributed by atoms with Gasteiger partial charge in [-0.05, 0) is 36.2 Å². The predicted molar refractivity (Wildman–Crippen MR) is 75.9 cm³/mol. The second-order valence-electron chi connectivity index (χ2n) is 4.39. The van der Waals surface area contributed by atoms with E-state index in [4.69, 9.17) is 10.2 Å². The smallest absolute Gasteiger partial charge is 0.224 e. The highest BCUT2D eigenvalue weighted by Gasteiger charge is 2.06. The van der Waals surface area contributed by atoms with Gasteiger partial charge in [0.15, 0.2) is 0 Å². The molecule has 1 heterocycles. The third-order valence-corrected chi connectivity index (χ3v) is 2.99. The number of hydrogen-bond acceptors (Lipinski definition) is 3. The molecule has 3 N–H and O–H groups in total. The molecule has 2 rings (SSSR count). The number of hydrogen-bond donors (Lipinski definition) is 2. The number of anilines is 2. The van der Waals surface area contributed by atoms with Crippen LogP contribution in [0.1, 0.15) is 24.7 Å². The van der Waals surface area contributed by atoms with E-state index in [1.807, 2.05) is 31.2 Å². The number of amides is 1. The minimum absolute atomic E-state index is 0.0416. The second kappa shape index (κ2) is 6.09. The molecule has 0 radical (unpaired) electrons. The number of nitrogens with two attached hydrogens (primary N) is 1. The van der Waals surface area contributed by atoms with Crippen LogP contribution in [0.3, 0.4) is 0 Å². The van der Waals surface area contributed by atoms with E-state index in [0.717, 1.165) is 23.4 Å². The Morgan fingerprint density at radius 2 is 2.21 bits per heavy atom. The van der Waals surface area contributed by atoms with Crippen LogP contribution >= 0.6 is 0 Å². The highest BCUT2D eigenvalue weighted by molar-refractivity contribution is 5.91. The molecule has 0 bridgehead atoms. The topological polar surface area (TPSA) is 68.3 Å². The molecule has 0 unspecified atom stereocenters. The van der Waals surface area contributed by atoms with Gasteiger partial charge < -0.3 is 15.5 Å². The first-order valence-corrected chi connectivity index (χ1v) is 6.39. The lowest BCUT2D eigenvalue weighted by atomic mass is 10.1. The first-order chi connectivity index (χ1) is 9.19. The van der Waals surface area contributed by atoms with Crippen LogP contribution in [0.25, 0.3) is 0 Å². The Balaban J connectivity index is 1.90. The molecule has 1 amide bonds. The Labute approximate surface area is 112 Å². The van der Waals surface area contributed by atoms with Crippen molar-refractivity contribution in [3.05, 3.63) is 47.9 Å². The molecule has 0 aliphatic carbocycles. The zero-order valence-electron chi connectivity index (χ0n) is 11.0. The molecule has 0 fully saturated rings. The molecule has 19 heavy (non-hydrogen) atoms. The molecule has 4 nitrogen and oxygen atoms in total. The average Bonchev–Trinajstić information content (AvgIpc) is 2.90. The number of rotatable bonds is 5. The summed E-state index contributed by atoms with van der Waals surface area (Å²) < 4.78 is 5.18. The molecule has 0 atom stereocenters. The number of benzene rings is 1. The molecule has 0 saturated heterocycles. The molecular formula is C15H18N2O2. The van der Waals surface area contributed by atoms with E-state index < -0.39 is 0 Å². The van der Waals surface area contributed by atoms with Gasteiger partial charge in [0.25, 0.3) is 0 Å². The number of carbonyl (C=O) groups is 1. The summed E-state index contributed by atoms with van der Waals surface area (Å²) in [5.74, 6) is 0.774. The first kappa shape index (κ1) is 13.2. The molecule has 1 aromatic heterocycles. The summed E-state index contributed by atoms with van der Waals surface area (Å²) in [6.07, 6.45) is 3.49. The van der Waals surface area contributed by atoms with Crippen LogP contribution in [-0.4, -0.2) is 5.91 Å². The maximum absolute atomic E-state index is 11.8.